The molecule has 1 heterocycles. The van der Waals surface area contributed by atoms with Gasteiger partial charge in [-0.1, -0.05) is 25.0 Å². The molecule has 0 spiro atoms. The highest BCUT2D eigenvalue weighted by Gasteiger charge is 2.44. The molecule has 6 nitrogen and oxygen atoms in total. The summed E-state index contributed by atoms with van der Waals surface area (Å²) in [7, 11) is 1.70. The number of guanidine groups is 1. The molecule has 3 aliphatic rings. The molecule has 1 unspecified atom stereocenters. The van der Waals surface area contributed by atoms with Gasteiger partial charge in [-0.15, -0.1) is 0 Å². The summed E-state index contributed by atoms with van der Waals surface area (Å²) in [5, 5.41) is 6.98. The van der Waals surface area contributed by atoms with Gasteiger partial charge in [-0.2, -0.15) is 0 Å². The van der Waals surface area contributed by atoms with Gasteiger partial charge in [-0.3, -0.25) is 9.79 Å². The molecule has 1 atom stereocenters. The van der Waals surface area contributed by atoms with Gasteiger partial charge in [0, 0.05) is 37.0 Å². The lowest BCUT2D eigenvalue weighted by molar-refractivity contribution is -0.134. The number of methoxy groups -OCH3 is 1. The Balaban J connectivity index is 1.34. The molecule has 1 amide bonds. The van der Waals surface area contributed by atoms with Crippen molar-refractivity contribution in [1.82, 2.24) is 15.5 Å². The van der Waals surface area contributed by atoms with Crippen LogP contribution in [-0.4, -0.2) is 56.1 Å². The van der Waals surface area contributed by atoms with Gasteiger partial charge in [0.1, 0.15) is 5.75 Å². The summed E-state index contributed by atoms with van der Waals surface area (Å²) in [4.78, 5) is 19.7. The predicted octanol–water partition coefficient (Wildman–Crippen LogP) is 3.07. The molecule has 0 radical (unpaired) electrons. The Hall–Kier alpha value is -2.24. The summed E-state index contributed by atoms with van der Waals surface area (Å²) in [6, 6.07) is 8.70. The lowest BCUT2D eigenvalue weighted by atomic mass is 9.96. The number of likely N-dealkylation sites (tertiary alicyclic amines) is 1. The van der Waals surface area contributed by atoms with Crippen molar-refractivity contribution in [3.63, 3.8) is 0 Å². The van der Waals surface area contributed by atoms with E-state index in [1.54, 1.807) is 7.11 Å². The quantitative estimate of drug-likeness (QED) is 0.534. The van der Waals surface area contributed by atoms with E-state index in [1.165, 1.54) is 31.2 Å². The third-order valence-corrected chi connectivity index (χ3v) is 6.99. The van der Waals surface area contributed by atoms with Gasteiger partial charge in [0.15, 0.2) is 5.96 Å². The molecule has 1 aromatic rings. The van der Waals surface area contributed by atoms with Crippen molar-refractivity contribution in [2.75, 3.05) is 33.3 Å². The summed E-state index contributed by atoms with van der Waals surface area (Å²) >= 11 is 0. The zero-order chi connectivity index (χ0) is 21.0. The minimum atomic E-state index is 0.161. The Morgan fingerprint density at radius 3 is 2.57 bits per heavy atom. The number of nitrogens with zero attached hydrogens (tertiary/aromatic N) is 2. The number of aliphatic imine (C=N–C) groups is 1. The standard InChI is InChI=1S/C24H36N4O2/c1-3-25-23(26-17-24(13-14-24)19-8-10-21(30-2)11-9-19)27-20-12-15-28(16-20)22(29)18-6-4-5-7-18/h8-11,18,20H,3-7,12-17H2,1-2H3,(H2,25,26,27). The van der Waals surface area contributed by atoms with Crippen molar-refractivity contribution in [3.05, 3.63) is 29.8 Å². The minimum absolute atomic E-state index is 0.161. The third kappa shape index (κ3) is 4.73. The highest BCUT2D eigenvalue weighted by molar-refractivity contribution is 5.81. The zero-order valence-corrected chi connectivity index (χ0v) is 18.5. The van der Waals surface area contributed by atoms with Gasteiger partial charge in [0.2, 0.25) is 5.91 Å². The number of benzene rings is 1. The van der Waals surface area contributed by atoms with Crippen LogP contribution in [0.2, 0.25) is 0 Å². The van der Waals surface area contributed by atoms with Gasteiger partial charge in [-0.05, 0) is 56.7 Å². The molecular formula is C24H36N4O2. The number of carbonyl (C=O) groups excluding carboxylic acids is 1. The third-order valence-electron chi connectivity index (χ3n) is 6.99. The number of amides is 1. The zero-order valence-electron chi connectivity index (χ0n) is 18.5. The molecule has 2 saturated carbocycles. The molecule has 164 valence electrons. The Morgan fingerprint density at radius 1 is 1.20 bits per heavy atom. The van der Waals surface area contributed by atoms with E-state index in [-0.39, 0.29) is 17.4 Å². The Labute approximate surface area is 180 Å². The summed E-state index contributed by atoms with van der Waals surface area (Å²) < 4.78 is 5.29. The van der Waals surface area contributed by atoms with Crippen LogP contribution in [0.1, 0.15) is 57.4 Å². The second-order valence-corrected chi connectivity index (χ2v) is 9.10. The lowest BCUT2D eigenvalue weighted by Crippen LogP contribution is -2.45. The predicted molar refractivity (Wildman–Crippen MR) is 120 cm³/mol. The number of hydrogen-bond acceptors (Lipinski definition) is 3. The highest BCUT2D eigenvalue weighted by atomic mass is 16.5. The average Bonchev–Trinajstić information content (AvgIpc) is 3.16. The number of carbonyl (C=O) groups is 1. The van der Waals surface area contributed by atoms with Crippen molar-refractivity contribution in [2.45, 2.75) is 63.3 Å². The molecule has 1 saturated heterocycles. The molecule has 30 heavy (non-hydrogen) atoms. The van der Waals surface area contributed by atoms with Crippen molar-refractivity contribution in [2.24, 2.45) is 10.9 Å². The Kier molecular flexibility index (Phi) is 6.49. The van der Waals surface area contributed by atoms with Crippen LogP contribution in [0.25, 0.3) is 0 Å². The van der Waals surface area contributed by atoms with E-state index in [1.807, 2.05) is 12.1 Å². The fourth-order valence-corrected chi connectivity index (χ4v) is 4.89. The average molecular weight is 413 g/mol. The van der Waals surface area contributed by atoms with Crippen molar-refractivity contribution < 1.29 is 9.53 Å². The Bertz CT molecular complexity index is 751. The van der Waals surface area contributed by atoms with E-state index in [2.05, 4.69) is 34.6 Å². The molecule has 2 aliphatic carbocycles. The van der Waals surface area contributed by atoms with Crippen molar-refractivity contribution in [3.8, 4) is 5.75 Å². The first kappa shape index (κ1) is 21.0. The molecule has 1 aliphatic heterocycles. The minimum Gasteiger partial charge on any atom is -0.497 e. The van der Waals surface area contributed by atoms with Crippen LogP contribution >= 0.6 is 0 Å². The van der Waals surface area contributed by atoms with Crippen molar-refractivity contribution in [1.29, 1.82) is 0 Å². The van der Waals surface area contributed by atoms with Gasteiger partial charge in [0.05, 0.1) is 13.7 Å². The lowest BCUT2D eigenvalue weighted by Gasteiger charge is -2.22. The summed E-state index contributed by atoms with van der Waals surface area (Å²) in [6.45, 7) is 5.37. The van der Waals surface area contributed by atoms with E-state index in [0.29, 0.717) is 5.91 Å². The van der Waals surface area contributed by atoms with Gasteiger partial charge >= 0.3 is 0 Å². The topological polar surface area (TPSA) is 66.0 Å². The largest absolute Gasteiger partial charge is 0.497 e. The maximum Gasteiger partial charge on any atom is 0.225 e. The van der Waals surface area contributed by atoms with Crippen LogP contribution in [0.4, 0.5) is 0 Å². The molecule has 0 aromatic heterocycles. The van der Waals surface area contributed by atoms with Gasteiger partial charge in [-0.25, -0.2) is 0 Å². The van der Waals surface area contributed by atoms with Gasteiger partial charge in [0.25, 0.3) is 0 Å². The van der Waals surface area contributed by atoms with Crippen LogP contribution in [0.15, 0.2) is 29.3 Å². The smallest absolute Gasteiger partial charge is 0.225 e. The molecule has 0 bridgehead atoms. The first-order chi connectivity index (χ1) is 14.6. The summed E-state index contributed by atoms with van der Waals surface area (Å²) in [6.07, 6.45) is 7.91. The molecule has 3 fully saturated rings. The maximum atomic E-state index is 12.7. The normalized spacial score (nSPS) is 23.5. The second-order valence-electron chi connectivity index (χ2n) is 9.10. The van der Waals surface area contributed by atoms with Crippen LogP contribution in [0, 0.1) is 5.92 Å². The van der Waals surface area contributed by atoms with E-state index in [0.717, 1.165) is 57.2 Å². The number of ether oxygens (including phenoxy) is 1. The maximum absolute atomic E-state index is 12.7. The van der Waals surface area contributed by atoms with Crippen LogP contribution in [0.5, 0.6) is 5.75 Å². The second kappa shape index (κ2) is 9.27. The molecule has 2 N–H and O–H groups in total. The van der Waals surface area contributed by atoms with Crippen molar-refractivity contribution >= 4 is 11.9 Å². The van der Waals surface area contributed by atoms with E-state index >= 15 is 0 Å². The van der Waals surface area contributed by atoms with E-state index in [4.69, 9.17) is 9.73 Å². The number of nitrogens with one attached hydrogen (secondary N) is 2. The molecule has 1 aromatic carbocycles. The van der Waals surface area contributed by atoms with E-state index < -0.39 is 0 Å². The monoisotopic (exact) mass is 412 g/mol. The molecular weight excluding hydrogens is 376 g/mol. The summed E-state index contributed by atoms with van der Waals surface area (Å²) in [5.74, 6) is 2.41. The van der Waals surface area contributed by atoms with E-state index in [9.17, 15) is 4.79 Å². The number of hydrogen-bond donors (Lipinski definition) is 2. The summed E-state index contributed by atoms with van der Waals surface area (Å²) in [5.41, 5.74) is 1.51. The fourth-order valence-electron chi connectivity index (χ4n) is 4.89. The van der Waals surface area contributed by atoms with Crippen LogP contribution in [-0.2, 0) is 10.2 Å². The highest BCUT2D eigenvalue weighted by Crippen LogP contribution is 2.48. The fraction of sp³-hybridized carbons (Fsp3) is 0.667. The van der Waals surface area contributed by atoms with Crippen LogP contribution < -0.4 is 15.4 Å². The first-order valence-corrected chi connectivity index (χ1v) is 11.6. The SMILES string of the molecule is CCNC(=NCC1(c2ccc(OC)cc2)CC1)NC1CCN(C(=O)C2CCCC2)C1. The number of rotatable bonds is 7. The molecule has 6 heteroatoms. The molecule has 4 rings (SSSR count). The van der Waals surface area contributed by atoms with Gasteiger partial charge < -0.3 is 20.3 Å². The van der Waals surface area contributed by atoms with Crippen LogP contribution in [0.3, 0.4) is 0 Å². The Morgan fingerprint density at radius 2 is 1.93 bits per heavy atom. The first-order valence-electron chi connectivity index (χ1n) is 11.6.